The van der Waals surface area contributed by atoms with Crippen molar-refractivity contribution in [3.63, 3.8) is 0 Å². The van der Waals surface area contributed by atoms with E-state index in [-0.39, 0.29) is 26.4 Å². The SMILES string of the molecule is Cc1c(COc2cc(OCc3ccc(-n4cccn4)nc3)c(CNCC(C)O)cc2Cl)cccc1-c1cccc(COc2cc(OCc3ccc(-n4cccn4)nc3)c(CNCC(C)O)cc2Cl)c1C. The van der Waals surface area contributed by atoms with Crippen molar-refractivity contribution in [1.29, 1.82) is 0 Å². The number of aromatic nitrogens is 6. The Morgan fingerprint density at radius 1 is 0.529 bits per heavy atom. The minimum absolute atomic E-state index is 0.264. The van der Waals surface area contributed by atoms with Gasteiger partial charge in [-0.05, 0) is 97.5 Å². The van der Waals surface area contributed by atoms with Gasteiger partial charge in [0.25, 0.3) is 0 Å². The van der Waals surface area contributed by atoms with Crippen molar-refractivity contribution in [3.05, 3.63) is 189 Å². The van der Waals surface area contributed by atoms with Crippen LogP contribution in [0.15, 0.2) is 134 Å². The van der Waals surface area contributed by atoms with Gasteiger partial charge in [-0.25, -0.2) is 19.3 Å². The second kappa shape index (κ2) is 23.7. The van der Waals surface area contributed by atoms with E-state index in [1.807, 2.05) is 85.2 Å². The summed E-state index contributed by atoms with van der Waals surface area (Å²) in [5.41, 5.74) is 9.67. The van der Waals surface area contributed by atoms with E-state index in [1.165, 1.54) is 0 Å². The van der Waals surface area contributed by atoms with Crippen LogP contribution >= 0.6 is 23.2 Å². The normalized spacial score (nSPS) is 12.2. The van der Waals surface area contributed by atoms with Crippen molar-refractivity contribution < 1.29 is 29.2 Å². The van der Waals surface area contributed by atoms with E-state index >= 15 is 0 Å². The van der Waals surface area contributed by atoms with Crippen molar-refractivity contribution in [2.75, 3.05) is 13.1 Å². The van der Waals surface area contributed by atoms with E-state index in [2.05, 4.69) is 68.9 Å². The van der Waals surface area contributed by atoms with Crippen molar-refractivity contribution in [1.82, 2.24) is 40.2 Å². The average Bonchev–Trinajstić information content (AvgIpc) is 4.11. The molecule has 4 N–H and O–H groups in total. The smallest absolute Gasteiger partial charge is 0.153 e. The molecule has 0 aliphatic heterocycles. The number of hydrogen-bond donors (Lipinski definition) is 4. The summed E-state index contributed by atoms with van der Waals surface area (Å²) in [4.78, 5) is 9.08. The molecule has 4 aromatic carbocycles. The van der Waals surface area contributed by atoms with Crippen LogP contribution < -0.4 is 29.6 Å². The molecular formula is C54H56Cl2N8O6. The van der Waals surface area contributed by atoms with Crippen LogP contribution in [-0.4, -0.2) is 65.0 Å². The molecule has 362 valence electrons. The Morgan fingerprint density at radius 3 is 1.33 bits per heavy atom. The van der Waals surface area contributed by atoms with Crippen LogP contribution in [0.25, 0.3) is 22.8 Å². The third kappa shape index (κ3) is 12.9. The van der Waals surface area contributed by atoms with Crippen molar-refractivity contribution in [2.45, 2.75) is 79.4 Å². The van der Waals surface area contributed by atoms with Crippen molar-refractivity contribution in [3.8, 4) is 45.8 Å². The second-order valence-corrected chi connectivity index (χ2v) is 17.8. The summed E-state index contributed by atoms with van der Waals surface area (Å²) in [5.74, 6) is 3.58. The lowest BCUT2D eigenvalue weighted by Crippen LogP contribution is -2.24. The van der Waals surface area contributed by atoms with Gasteiger partial charge in [0.05, 0.1) is 22.3 Å². The van der Waals surface area contributed by atoms with Gasteiger partial charge in [-0.1, -0.05) is 71.7 Å². The number of nitrogens with one attached hydrogen (secondary N) is 2. The first-order valence-electron chi connectivity index (χ1n) is 23.0. The fourth-order valence-electron chi connectivity index (χ4n) is 7.73. The third-order valence-electron chi connectivity index (χ3n) is 11.6. The number of halogens is 2. The number of aliphatic hydroxyl groups is 2. The molecule has 16 heteroatoms. The molecule has 4 heterocycles. The van der Waals surface area contributed by atoms with Crippen molar-refractivity contribution >= 4 is 23.2 Å². The molecule has 70 heavy (non-hydrogen) atoms. The van der Waals surface area contributed by atoms with Gasteiger partial charge in [0.1, 0.15) is 49.4 Å². The predicted octanol–water partition coefficient (Wildman–Crippen LogP) is 9.70. The highest BCUT2D eigenvalue weighted by Crippen LogP contribution is 2.37. The minimum atomic E-state index is -0.512. The number of nitrogens with zero attached hydrogens (tertiary/aromatic N) is 6. The first kappa shape index (κ1) is 49.6. The van der Waals surface area contributed by atoms with Gasteiger partial charge in [0.15, 0.2) is 11.6 Å². The fourth-order valence-corrected chi connectivity index (χ4v) is 8.21. The van der Waals surface area contributed by atoms with E-state index in [4.69, 9.17) is 42.1 Å². The third-order valence-corrected chi connectivity index (χ3v) is 12.2. The van der Waals surface area contributed by atoms with E-state index in [0.717, 1.165) is 55.6 Å². The molecule has 0 radical (unpaired) electrons. The lowest BCUT2D eigenvalue weighted by atomic mass is 9.92. The number of hydrogen-bond acceptors (Lipinski definition) is 12. The van der Waals surface area contributed by atoms with Crippen LogP contribution in [0.4, 0.5) is 0 Å². The van der Waals surface area contributed by atoms with Crippen LogP contribution in [0.3, 0.4) is 0 Å². The summed E-state index contributed by atoms with van der Waals surface area (Å²) in [7, 11) is 0. The Balaban J connectivity index is 0.957. The Hall–Kier alpha value is -6.78. The van der Waals surface area contributed by atoms with Crippen LogP contribution in [0.5, 0.6) is 23.0 Å². The zero-order chi connectivity index (χ0) is 49.0. The molecule has 8 rings (SSSR count). The molecule has 14 nitrogen and oxygen atoms in total. The predicted molar refractivity (Wildman–Crippen MR) is 271 cm³/mol. The maximum atomic E-state index is 9.88. The van der Waals surface area contributed by atoms with Gasteiger partial charge in [-0.2, -0.15) is 10.2 Å². The highest BCUT2D eigenvalue weighted by atomic mass is 35.5. The van der Waals surface area contributed by atoms with Crippen molar-refractivity contribution in [2.24, 2.45) is 0 Å². The zero-order valence-electron chi connectivity index (χ0n) is 39.5. The lowest BCUT2D eigenvalue weighted by Gasteiger charge is -2.19. The van der Waals surface area contributed by atoms with E-state index < -0.39 is 12.2 Å². The zero-order valence-corrected chi connectivity index (χ0v) is 41.0. The molecule has 0 aliphatic carbocycles. The summed E-state index contributed by atoms with van der Waals surface area (Å²) in [6, 6.07) is 31.1. The van der Waals surface area contributed by atoms with Crippen LogP contribution in [0.2, 0.25) is 10.0 Å². The van der Waals surface area contributed by atoms with Gasteiger partial charge >= 0.3 is 0 Å². The van der Waals surface area contributed by atoms with Crippen LogP contribution in [0, 0.1) is 13.8 Å². The average molecular weight is 984 g/mol. The standard InChI is InChI=1S/C54H56Cl2N8O6/c1-35(65)25-57-29-43-21-47(55)51(23-49(43)67-31-39-13-15-53(59-27-39)63-19-7-17-61-63)69-33-41-9-5-11-45(37(41)3)46-12-6-10-42(38(46)4)34-70-52-24-50(44(22-48(52)56)30-58-26-36(2)66)68-32-40-14-16-54(60-28-40)64-20-8-18-62-64/h5-24,27-28,35-36,57-58,65-66H,25-26,29-34H2,1-4H3. The molecule has 2 atom stereocenters. The summed E-state index contributed by atoms with van der Waals surface area (Å²) in [6.45, 7) is 10.4. The molecule has 0 fully saturated rings. The second-order valence-electron chi connectivity index (χ2n) is 17.0. The first-order chi connectivity index (χ1) is 34.0. The number of rotatable bonds is 23. The van der Waals surface area contributed by atoms with E-state index in [1.54, 1.807) is 48.0 Å². The Morgan fingerprint density at radius 2 is 0.957 bits per heavy atom. The number of ether oxygens (including phenoxy) is 4. The monoisotopic (exact) mass is 982 g/mol. The highest BCUT2D eigenvalue weighted by molar-refractivity contribution is 6.32. The Bertz CT molecular complexity index is 2750. The quantitative estimate of drug-likeness (QED) is 0.0481. The molecule has 0 amide bonds. The fraction of sp³-hybridized carbons (Fsp3) is 0.259. The minimum Gasteiger partial charge on any atom is -0.488 e. The maximum Gasteiger partial charge on any atom is 0.153 e. The molecule has 0 bridgehead atoms. The number of benzene rings is 4. The number of aliphatic hydroxyl groups excluding tert-OH is 2. The molecule has 0 aliphatic rings. The Labute approximate surface area is 417 Å². The number of pyridine rings is 2. The first-order valence-corrected chi connectivity index (χ1v) is 23.8. The lowest BCUT2D eigenvalue weighted by molar-refractivity contribution is 0.190. The van der Waals surface area contributed by atoms with E-state index in [9.17, 15) is 10.2 Å². The summed E-state index contributed by atoms with van der Waals surface area (Å²) >= 11 is 13.7. The molecule has 2 unspecified atom stereocenters. The van der Waals surface area contributed by atoms with Gasteiger partial charge in [-0.15, -0.1) is 0 Å². The molecule has 8 aromatic rings. The summed E-state index contributed by atoms with van der Waals surface area (Å²) < 4.78 is 29.0. The highest BCUT2D eigenvalue weighted by Gasteiger charge is 2.18. The summed E-state index contributed by atoms with van der Waals surface area (Å²) in [6.07, 6.45) is 9.60. The van der Waals surface area contributed by atoms with Gasteiger partial charge in [0.2, 0.25) is 0 Å². The maximum absolute atomic E-state index is 9.88. The Kier molecular flexibility index (Phi) is 16.8. The van der Waals surface area contributed by atoms with E-state index in [0.29, 0.717) is 70.9 Å². The van der Waals surface area contributed by atoms with Gasteiger partial charge in [-0.3, -0.25) is 0 Å². The van der Waals surface area contributed by atoms with Gasteiger partial charge in [0, 0.05) is 97.7 Å². The van der Waals surface area contributed by atoms with Gasteiger partial charge < -0.3 is 39.8 Å². The molecule has 0 saturated heterocycles. The molecular weight excluding hydrogens is 928 g/mol. The molecule has 0 spiro atoms. The molecule has 4 aromatic heterocycles. The topological polar surface area (TPSA) is 163 Å². The van der Waals surface area contributed by atoms with Crippen LogP contribution in [0.1, 0.15) is 58.4 Å². The molecule has 0 saturated carbocycles. The summed E-state index contributed by atoms with van der Waals surface area (Å²) in [5, 5.41) is 35.7. The van der Waals surface area contributed by atoms with Crippen LogP contribution in [-0.2, 0) is 39.5 Å². The largest absolute Gasteiger partial charge is 0.488 e.